The van der Waals surface area contributed by atoms with Crippen LogP contribution in [0.25, 0.3) is 0 Å². The molecular weight excluding hydrogens is 282 g/mol. The van der Waals surface area contributed by atoms with Crippen LogP contribution < -0.4 is 11.1 Å². The van der Waals surface area contributed by atoms with Gasteiger partial charge >= 0.3 is 0 Å². The summed E-state index contributed by atoms with van der Waals surface area (Å²) in [4.78, 5) is 12.1. The fraction of sp³-hybridized carbons (Fsp3) is 0.250. The Kier molecular flexibility index (Phi) is 4.57. The van der Waals surface area contributed by atoms with Gasteiger partial charge in [-0.1, -0.05) is 5.16 Å². The van der Waals surface area contributed by atoms with E-state index in [1.807, 2.05) is 11.4 Å². The van der Waals surface area contributed by atoms with E-state index in [1.54, 1.807) is 0 Å². The summed E-state index contributed by atoms with van der Waals surface area (Å²) < 4.78 is 0.772. The minimum Gasteiger partial charge on any atom is -0.409 e. The Bertz CT molecular complexity index is 378. The molecule has 0 saturated heterocycles. The van der Waals surface area contributed by atoms with Crippen molar-refractivity contribution in [3.8, 4) is 0 Å². The van der Waals surface area contributed by atoms with Crippen LogP contribution in [0.4, 0.5) is 0 Å². The number of amidine groups is 1. The number of carbonyl (C=O) groups excluding carboxylic acids is 1. The van der Waals surface area contributed by atoms with Crippen LogP contribution in [0.3, 0.4) is 0 Å². The lowest BCUT2D eigenvalue weighted by molar-refractivity contribution is 0.0958. The summed E-state index contributed by atoms with van der Waals surface area (Å²) in [6.45, 7) is 0.346. The maximum absolute atomic E-state index is 11.5. The summed E-state index contributed by atoms with van der Waals surface area (Å²) in [6, 6.07) is 1.81. The van der Waals surface area contributed by atoms with Gasteiger partial charge in [-0.3, -0.25) is 4.79 Å². The lowest BCUT2D eigenvalue weighted by atomic mass is 10.4. The molecule has 4 N–H and O–H groups in total. The minimum absolute atomic E-state index is 0.0977. The minimum atomic E-state index is -0.164. The van der Waals surface area contributed by atoms with Crippen LogP contribution >= 0.6 is 27.3 Å². The second-order valence-corrected chi connectivity index (χ2v) is 4.47. The highest BCUT2D eigenvalue weighted by atomic mass is 79.9. The molecule has 1 amide bonds. The largest absolute Gasteiger partial charge is 0.409 e. The standard InChI is InChI=1S/C8H10BrN3O2S/c9-5-2-4-15-7(5)8(13)11-3-1-6(10)12-14/h2,4,14H,1,3H2,(H2,10,12)(H,11,13). The van der Waals surface area contributed by atoms with Crippen molar-refractivity contribution >= 4 is 39.0 Å². The zero-order chi connectivity index (χ0) is 11.3. The number of rotatable bonds is 4. The number of nitrogens with two attached hydrogens (primary N) is 1. The van der Waals surface area contributed by atoms with Crippen LogP contribution in [-0.2, 0) is 0 Å². The van der Waals surface area contributed by atoms with Crippen LogP contribution in [0.1, 0.15) is 16.1 Å². The zero-order valence-electron chi connectivity index (χ0n) is 7.74. The van der Waals surface area contributed by atoms with Crippen molar-refractivity contribution in [3.63, 3.8) is 0 Å². The Balaban J connectivity index is 2.41. The molecule has 1 rings (SSSR count). The highest BCUT2D eigenvalue weighted by molar-refractivity contribution is 9.10. The summed E-state index contributed by atoms with van der Waals surface area (Å²) in [5.74, 6) is -0.0665. The molecule has 0 saturated carbocycles. The molecule has 0 aromatic carbocycles. The zero-order valence-corrected chi connectivity index (χ0v) is 10.1. The SMILES string of the molecule is NC(CCNC(=O)c1sccc1Br)=NO. The second-order valence-electron chi connectivity index (χ2n) is 2.69. The smallest absolute Gasteiger partial charge is 0.262 e. The number of oxime groups is 1. The fourth-order valence-electron chi connectivity index (χ4n) is 0.890. The van der Waals surface area contributed by atoms with E-state index in [2.05, 4.69) is 26.4 Å². The summed E-state index contributed by atoms with van der Waals surface area (Å²) in [5.41, 5.74) is 5.25. The average molecular weight is 292 g/mol. The number of thiophene rings is 1. The molecular formula is C8H10BrN3O2S. The third-order valence-electron chi connectivity index (χ3n) is 1.62. The van der Waals surface area contributed by atoms with Crippen molar-refractivity contribution in [3.05, 3.63) is 20.8 Å². The van der Waals surface area contributed by atoms with Crippen molar-refractivity contribution in [2.45, 2.75) is 6.42 Å². The van der Waals surface area contributed by atoms with Gasteiger partial charge in [-0.15, -0.1) is 11.3 Å². The maximum Gasteiger partial charge on any atom is 0.262 e. The van der Waals surface area contributed by atoms with Gasteiger partial charge in [0.2, 0.25) is 0 Å². The van der Waals surface area contributed by atoms with E-state index in [4.69, 9.17) is 10.9 Å². The number of amides is 1. The van der Waals surface area contributed by atoms with Crippen LogP contribution in [0, 0.1) is 0 Å². The number of nitrogens with one attached hydrogen (secondary N) is 1. The quantitative estimate of drug-likeness (QED) is 0.339. The van der Waals surface area contributed by atoms with E-state index in [1.165, 1.54) is 11.3 Å². The van der Waals surface area contributed by atoms with Gasteiger partial charge in [-0.2, -0.15) is 0 Å². The Morgan fingerprint density at radius 1 is 1.73 bits per heavy atom. The van der Waals surface area contributed by atoms with Gasteiger partial charge in [0.05, 0.1) is 0 Å². The molecule has 15 heavy (non-hydrogen) atoms. The van der Waals surface area contributed by atoms with E-state index >= 15 is 0 Å². The molecule has 0 spiro atoms. The first-order valence-electron chi connectivity index (χ1n) is 4.12. The topological polar surface area (TPSA) is 87.7 Å². The molecule has 0 aliphatic heterocycles. The molecule has 1 aromatic heterocycles. The molecule has 0 unspecified atom stereocenters. The van der Waals surface area contributed by atoms with Gasteiger partial charge < -0.3 is 16.3 Å². The van der Waals surface area contributed by atoms with Gasteiger partial charge in [-0.25, -0.2) is 0 Å². The molecule has 0 bridgehead atoms. The lowest BCUT2D eigenvalue weighted by Gasteiger charge is -2.02. The van der Waals surface area contributed by atoms with Crippen LogP contribution in [0.2, 0.25) is 0 Å². The summed E-state index contributed by atoms with van der Waals surface area (Å²) in [7, 11) is 0. The Morgan fingerprint density at radius 2 is 2.47 bits per heavy atom. The van der Waals surface area contributed by atoms with Crippen molar-refractivity contribution < 1.29 is 10.0 Å². The van der Waals surface area contributed by atoms with Gasteiger partial charge in [0.25, 0.3) is 5.91 Å². The van der Waals surface area contributed by atoms with Crippen molar-refractivity contribution in [2.75, 3.05) is 6.54 Å². The first-order valence-corrected chi connectivity index (χ1v) is 5.80. The predicted octanol–water partition coefficient (Wildman–Crippen LogP) is 1.38. The number of carbonyl (C=O) groups is 1. The highest BCUT2D eigenvalue weighted by Gasteiger charge is 2.10. The monoisotopic (exact) mass is 291 g/mol. The van der Waals surface area contributed by atoms with E-state index in [0.29, 0.717) is 17.8 Å². The summed E-state index contributed by atoms with van der Waals surface area (Å²) >= 11 is 4.62. The average Bonchev–Trinajstić information content (AvgIpc) is 2.64. The van der Waals surface area contributed by atoms with Crippen LogP contribution in [0.15, 0.2) is 21.1 Å². The molecule has 0 atom stereocenters. The maximum atomic E-state index is 11.5. The first kappa shape index (κ1) is 12.0. The highest BCUT2D eigenvalue weighted by Crippen LogP contribution is 2.22. The van der Waals surface area contributed by atoms with E-state index in [9.17, 15) is 4.79 Å². The number of halogens is 1. The molecule has 0 aliphatic carbocycles. The van der Waals surface area contributed by atoms with Crippen molar-refractivity contribution in [1.29, 1.82) is 0 Å². The number of hydrogen-bond acceptors (Lipinski definition) is 4. The molecule has 1 aromatic rings. The van der Waals surface area contributed by atoms with Gasteiger partial charge in [0.1, 0.15) is 10.7 Å². The Labute approximate surface area is 99.1 Å². The summed E-state index contributed by atoms with van der Waals surface area (Å²) in [5, 5.41) is 15.6. The second kappa shape index (κ2) is 5.72. The Morgan fingerprint density at radius 3 is 3.00 bits per heavy atom. The molecule has 1 heterocycles. The molecule has 7 heteroatoms. The van der Waals surface area contributed by atoms with Crippen molar-refractivity contribution in [1.82, 2.24) is 5.32 Å². The molecule has 0 radical (unpaired) electrons. The van der Waals surface area contributed by atoms with E-state index in [0.717, 1.165) is 4.47 Å². The lowest BCUT2D eigenvalue weighted by Crippen LogP contribution is -2.27. The molecule has 0 aliphatic rings. The predicted molar refractivity (Wildman–Crippen MR) is 62.4 cm³/mol. The fourth-order valence-corrected chi connectivity index (χ4v) is 2.36. The van der Waals surface area contributed by atoms with Gasteiger partial charge in [0, 0.05) is 17.4 Å². The molecule has 5 nitrogen and oxygen atoms in total. The Hall–Kier alpha value is -1.08. The van der Waals surface area contributed by atoms with Gasteiger partial charge in [-0.05, 0) is 27.4 Å². The van der Waals surface area contributed by atoms with E-state index < -0.39 is 0 Å². The first-order chi connectivity index (χ1) is 7.15. The van der Waals surface area contributed by atoms with Gasteiger partial charge in [0.15, 0.2) is 0 Å². The normalized spacial score (nSPS) is 11.4. The molecule has 0 fully saturated rings. The number of nitrogens with zero attached hydrogens (tertiary/aromatic N) is 1. The van der Waals surface area contributed by atoms with Crippen LogP contribution in [0.5, 0.6) is 0 Å². The third-order valence-corrected chi connectivity index (χ3v) is 3.46. The number of hydrogen-bond donors (Lipinski definition) is 3. The third kappa shape index (κ3) is 3.52. The van der Waals surface area contributed by atoms with Crippen molar-refractivity contribution in [2.24, 2.45) is 10.9 Å². The summed E-state index contributed by atoms with van der Waals surface area (Å²) in [6.07, 6.45) is 0.325. The van der Waals surface area contributed by atoms with Crippen LogP contribution in [-0.4, -0.2) is 23.5 Å². The van der Waals surface area contributed by atoms with E-state index in [-0.39, 0.29) is 11.7 Å². The molecule has 82 valence electrons.